The van der Waals surface area contributed by atoms with Crippen molar-refractivity contribution in [2.24, 2.45) is 0 Å². The molecule has 0 spiro atoms. The fourth-order valence-corrected chi connectivity index (χ4v) is 5.48. The van der Waals surface area contributed by atoms with Crippen molar-refractivity contribution in [1.82, 2.24) is 0 Å². The van der Waals surface area contributed by atoms with Gasteiger partial charge >= 0.3 is 0 Å². The Labute approximate surface area is 223 Å². The van der Waals surface area contributed by atoms with Crippen LogP contribution in [0.1, 0.15) is 206 Å². The van der Waals surface area contributed by atoms with Crippen molar-refractivity contribution in [3.05, 3.63) is 0 Å². The number of alkyl halides is 1. The van der Waals surface area contributed by atoms with Gasteiger partial charge in [-0.25, -0.2) is 0 Å². The fraction of sp³-hybridized carbons (Fsp3) is 1.00. The van der Waals surface area contributed by atoms with Crippen LogP contribution in [0.4, 0.5) is 0 Å². The maximum atomic E-state index is 5.72. The molecule has 0 saturated heterocycles. The van der Waals surface area contributed by atoms with E-state index >= 15 is 0 Å². The van der Waals surface area contributed by atoms with Crippen molar-refractivity contribution in [2.75, 3.05) is 5.88 Å². The predicted molar refractivity (Wildman–Crippen MR) is 160 cm³/mol. The summed E-state index contributed by atoms with van der Waals surface area (Å²) in [5.74, 6) is 0.847. The zero-order chi connectivity index (χ0) is 24.6. The van der Waals surface area contributed by atoms with E-state index in [4.69, 9.17) is 11.6 Å². The fourth-order valence-electron chi connectivity index (χ4n) is 5.29. The molecule has 0 aromatic heterocycles. The third kappa shape index (κ3) is 32.3. The zero-order valence-corrected chi connectivity index (χ0v) is 24.8. The van der Waals surface area contributed by atoms with Crippen LogP contribution < -0.4 is 0 Å². The van der Waals surface area contributed by atoms with Gasteiger partial charge in [0.05, 0.1) is 0 Å². The van der Waals surface area contributed by atoms with E-state index in [1.54, 1.807) is 0 Å². The molecular weight excluding hydrogens is 432 g/mol. The summed E-state index contributed by atoms with van der Waals surface area (Å²) in [5.41, 5.74) is 0. The van der Waals surface area contributed by atoms with Gasteiger partial charge in [-0.05, 0) is 6.42 Å². The monoisotopic (exact) mass is 498 g/mol. The van der Waals surface area contributed by atoms with Crippen LogP contribution >= 0.6 is 11.6 Å². The third-order valence-corrected chi connectivity index (χ3v) is 8.00. The van der Waals surface area contributed by atoms with Crippen LogP contribution in [0.3, 0.4) is 0 Å². The van der Waals surface area contributed by atoms with Gasteiger partial charge in [-0.3, -0.25) is 0 Å². The van der Waals surface area contributed by atoms with Crippen LogP contribution in [0.15, 0.2) is 0 Å². The molecule has 206 valence electrons. The Balaban J connectivity index is 2.99. The lowest BCUT2D eigenvalue weighted by Crippen LogP contribution is -1.85. The van der Waals surface area contributed by atoms with Gasteiger partial charge in [0, 0.05) is 5.88 Å². The number of hydrogen-bond acceptors (Lipinski definition) is 0. The maximum Gasteiger partial charge on any atom is 0.0223 e. The molecule has 0 fully saturated rings. The van der Waals surface area contributed by atoms with E-state index in [0.717, 1.165) is 5.88 Å². The molecule has 0 unspecified atom stereocenters. The maximum absolute atomic E-state index is 5.72. The molecule has 0 radical (unpaired) electrons. The minimum absolute atomic E-state index is 0.847. The summed E-state index contributed by atoms with van der Waals surface area (Å²) in [4.78, 5) is 0. The lowest BCUT2D eigenvalue weighted by atomic mass is 10.0. The van der Waals surface area contributed by atoms with Crippen molar-refractivity contribution >= 4 is 11.6 Å². The summed E-state index contributed by atoms with van der Waals surface area (Å²) in [6.45, 7) is 2.31. The molecule has 1 heteroatoms. The molecule has 0 nitrogen and oxygen atoms in total. The van der Waals surface area contributed by atoms with Crippen molar-refractivity contribution in [3.63, 3.8) is 0 Å². The van der Waals surface area contributed by atoms with Crippen molar-refractivity contribution < 1.29 is 0 Å². The minimum Gasteiger partial charge on any atom is -0.127 e. The van der Waals surface area contributed by atoms with Gasteiger partial charge in [0.15, 0.2) is 0 Å². The van der Waals surface area contributed by atoms with Crippen LogP contribution in [-0.2, 0) is 0 Å². The van der Waals surface area contributed by atoms with Gasteiger partial charge in [0.2, 0.25) is 0 Å². The highest BCUT2D eigenvalue weighted by atomic mass is 35.5. The Morgan fingerprint density at radius 2 is 0.382 bits per heavy atom. The molecule has 0 bridgehead atoms. The first-order valence-corrected chi connectivity index (χ1v) is 17.0. The summed E-state index contributed by atoms with van der Waals surface area (Å²) in [6.07, 6.45) is 45.2. The smallest absolute Gasteiger partial charge is 0.0223 e. The molecule has 0 aliphatic rings. The van der Waals surface area contributed by atoms with Crippen molar-refractivity contribution in [3.8, 4) is 0 Å². The SMILES string of the molecule is CCCCCCCCCCCCCCCCCCCCCCCCCCCCCCCCCCl. The second-order valence-corrected chi connectivity index (χ2v) is 11.7. The van der Waals surface area contributed by atoms with E-state index in [2.05, 4.69) is 6.92 Å². The Morgan fingerprint density at radius 1 is 0.235 bits per heavy atom. The standard InChI is InChI=1S/C33H67Cl/c1-2-3-4-5-6-7-8-9-10-11-12-13-14-15-16-17-18-19-20-21-22-23-24-25-26-27-28-29-30-31-32-33-34/h2-33H2,1H3. The average Bonchev–Trinajstić information content (AvgIpc) is 2.85. The molecule has 0 aromatic carbocycles. The van der Waals surface area contributed by atoms with E-state index < -0.39 is 0 Å². The summed E-state index contributed by atoms with van der Waals surface area (Å²) < 4.78 is 0. The molecule has 0 atom stereocenters. The van der Waals surface area contributed by atoms with Gasteiger partial charge in [-0.2, -0.15) is 0 Å². The first-order chi connectivity index (χ1) is 16.9. The molecule has 34 heavy (non-hydrogen) atoms. The molecule has 0 aliphatic heterocycles. The predicted octanol–water partition coefficient (Wildman–Crippen LogP) is 13.3. The van der Waals surface area contributed by atoms with Crippen LogP contribution in [0, 0.1) is 0 Å². The van der Waals surface area contributed by atoms with Gasteiger partial charge in [0.25, 0.3) is 0 Å². The minimum atomic E-state index is 0.847. The first-order valence-electron chi connectivity index (χ1n) is 16.5. The normalized spacial score (nSPS) is 11.5. The third-order valence-electron chi connectivity index (χ3n) is 7.74. The highest BCUT2D eigenvalue weighted by molar-refractivity contribution is 6.17. The molecular formula is C33H67Cl. The Kier molecular flexibility index (Phi) is 33.6. The Morgan fingerprint density at radius 3 is 0.529 bits per heavy atom. The quantitative estimate of drug-likeness (QED) is 0.0657. The van der Waals surface area contributed by atoms with E-state index in [9.17, 15) is 0 Å². The number of unbranched alkanes of at least 4 members (excludes halogenated alkanes) is 30. The van der Waals surface area contributed by atoms with E-state index in [1.165, 1.54) is 199 Å². The second kappa shape index (κ2) is 33.3. The van der Waals surface area contributed by atoms with E-state index in [0.29, 0.717) is 0 Å². The van der Waals surface area contributed by atoms with Crippen molar-refractivity contribution in [1.29, 1.82) is 0 Å². The van der Waals surface area contributed by atoms with Crippen LogP contribution in [0.5, 0.6) is 0 Å². The molecule has 0 rings (SSSR count). The van der Waals surface area contributed by atoms with E-state index in [1.807, 2.05) is 0 Å². The Hall–Kier alpha value is 0.290. The Bertz CT molecular complexity index is 295. The van der Waals surface area contributed by atoms with Crippen LogP contribution in [0.25, 0.3) is 0 Å². The topological polar surface area (TPSA) is 0 Å². The lowest BCUT2D eigenvalue weighted by molar-refractivity contribution is 0.513. The average molecular weight is 499 g/mol. The summed E-state index contributed by atoms with van der Waals surface area (Å²) >= 11 is 5.72. The lowest BCUT2D eigenvalue weighted by Gasteiger charge is -2.04. The highest BCUT2D eigenvalue weighted by Gasteiger charge is 1.97. The first kappa shape index (κ1) is 34.3. The van der Waals surface area contributed by atoms with Gasteiger partial charge < -0.3 is 0 Å². The van der Waals surface area contributed by atoms with Crippen LogP contribution in [-0.4, -0.2) is 5.88 Å². The number of halogens is 1. The number of rotatable bonds is 31. The van der Waals surface area contributed by atoms with Gasteiger partial charge in [0.1, 0.15) is 0 Å². The molecule has 0 saturated carbocycles. The highest BCUT2D eigenvalue weighted by Crippen LogP contribution is 2.16. The largest absolute Gasteiger partial charge is 0.127 e. The molecule has 0 N–H and O–H groups in total. The van der Waals surface area contributed by atoms with Crippen LogP contribution in [0.2, 0.25) is 0 Å². The number of hydrogen-bond donors (Lipinski definition) is 0. The zero-order valence-electron chi connectivity index (χ0n) is 24.0. The molecule has 0 aliphatic carbocycles. The van der Waals surface area contributed by atoms with Crippen molar-refractivity contribution in [2.45, 2.75) is 206 Å². The molecule has 0 aromatic rings. The summed E-state index contributed by atoms with van der Waals surface area (Å²) in [7, 11) is 0. The van der Waals surface area contributed by atoms with E-state index in [-0.39, 0.29) is 0 Å². The van der Waals surface area contributed by atoms with Gasteiger partial charge in [-0.1, -0.05) is 200 Å². The van der Waals surface area contributed by atoms with Gasteiger partial charge in [-0.15, -0.1) is 11.6 Å². The second-order valence-electron chi connectivity index (χ2n) is 11.3. The molecule has 0 heterocycles. The summed E-state index contributed by atoms with van der Waals surface area (Å²) in [6, 6.07) is 0. The molecule has 0 amide bonds. The summed E-state index contributed by atoms with van der Waals surface area (Å²) in [5, 5.41) is 0.